The summed E-state index contributed by atoms with van der Waals surface area (Å²) in [5.41, 5.74) is 2.21. The van der Waals surface area contributed by atoms with E-state index < -0.39 is 0 Å². The van der Waals surface area contributed by atoms with E-state index in [0.29, 0.717) is 0 Å². The first kappa shape index (κ1) is 11.7. The summed E-state index contributed by atoms with van der Waals surface area (Å²) in [7, 11) is 0. The van der Waals surface area contributed by atoms with Gasteiger partial charge in [0.05, 0.1) is 18.4 Å². The highest BCUT2D eigenvalue weighted by Gasteiger charge is 1.96. The minimum Gasteiger partial charge on any atom is -0.309 e. The van der Waals surface area contributed by atoms with Crippen LogP contribution in [0.1, 0.15) is 17.1 Å². The first-order valence-corrected chi connectivity index (χ1v) is 5.72. The van der Waals surface area contributed by atoms with Crippen LogP contribution in [-0.4, -0.2) is 26.3 Å². The molecule has 2 aromatic rings. The Morgan fingerprint density at radius 1 is 1.35 bits per heavy atom. The lowest BCUT2D eigenvalue weighted by atomic mass is 10.4. The van der Waals surface area contributed by atoms with Crippen molar-refractivity contribution in [3.63, 3.8) is 0 Å². The van der Waals surface area contributed by atoms with Crippen molar-refractivity contribution in [3.8, 4) is 0 Å². The summed E-state index contributed by atoms with van der Waals surface area (Å²) in [5.74, 6) is 0.812. The quantitative estimate of drug-likeness (QED) is 0.782. The number of hydrogen-bond donors (Lipinski definition) is 1. The minimum absolute atomic E-state index is 0.767. The summed E-state index contributed by atoms with van der Waals surface area (Å²) in [6.07, 6.45) is 5.69. The molecule has 0 fully saturated rings. The van der Waals surface area contributed by atoms with Crippen LogP contribution in [0.4, 0.5) is 0 Å². The van der Waals surface area contributed by atoms with Gasteiger partial charge in [0.2, 0.25) is 0 Å². The van der Waals surface area contributed by atoms with Gasteiger partial charge in [-0.15, -0.1) is 0 Å². The maximum Gasteiger partial charge on any atom is 0.125 e. The number of rotatable bonds is 5. The van der Waals surface area contributed by atoms with Crippen molar-refractivity contribution >= 4 is 0 Å². The molecule has 0 unspecified atom stereocenters. The fourth-order valence-electron chi connectivity index (χ4n) is 1.60. The largest absolute Gasteiger partial charge is 0.309 e. The van der Waals surface area contributed by atoms with E-state index in [1.807, 2.05) is 37.0 Å². The van der Waals surface area contributed by atoms with Crippen LogP contribution in [0.3, 0.4) is 0 Å². The van der Waals surface area contributed by atoms with Gasteiger partial charge in [0.25, 0.3) is 0 Å². The molecule has 1 N–H and O–H groups in total. The smallest absolute Gasteiger partial charge is 0.125 e. The van der Waals surface area contributed by atoms with Crippen molar-refractivity contribution in [1.29, 1.82) is 0 Å². The Kier molecular flexibility index (Phi) is 3.82. The average Bonchev–Trinajstić information content (AvgIpc) is 2.71. The molecule has 0 aromatic carbocycles. The zero-order chi connectivity index (χ0) is 12.1. The summed E-state index contributed by atoms with van der Waals surface area (Å²) < 4.78 is 1.94. The number of nitrogens with one attached hydrogen (secondary N) is 1. The molecule has 17 heavy (non-hydrogen) atoms. The maximum absolute atomic E-state index is 4.33. The molecule has 0 amide bonds. The summed E-state index contributed by atoms with van der Waals surface area (Å²) in [6, 6.07) is 1.93. The van der Waals surface area contributed by atoms with E-state index in [-0.39, 0.29) is 0 Å². The van der Waals surface area contributed by atoms with E-state index in [0.717, 1.165) is 31.2 Å². The van der Waals surface area contributed by atoms with Gasteiger partial charge in [-0.05, 0) is 25.5 Å². The van der Waals surface area contributed by atoms with E-state index in [2.05, 4.69) is 20.4 Å². The third kappa shape index (κ3) is 3.64. The van der Waals surface area contributed by atoms with Crippen LogP contribution in [0.15, 0.2) is 24.7 Å². The zero-order valence-electron chi connectivity index (χ0n) is 10.2. The maximum atomic E-state index is 4.33. The van der Waals surface area contributed by atoms with Crippen molar-refractivity contribution in [2.75, 3.05) is 6.54 Å². The van der Waals surface area contributed by atoms with Crippen molar-refractivity contribution < 1.29 is 0 Å². The van der Waals surface area contributed by atoms with Crippen molar-refractivity contribution in [2.45, 2.75) is 26.9 Å². The number of hydrogen-bond acceptors (Lipinski definition) is 4. The van der Waals surface area contributed by atoms with Gasteiger partial charge in [-0.1, -0.05) is 0 Å². The van der Waals surface area contributed by atoms with E-state index >= 15 is 0 Å². The molecule has 5 heteroatoms. The molecule has 0 atom stereocenters. The second kappa shape index (κ2) is 5.54. The van der Waals surface area contributed by atoms with Gasteiger partial charge >= 0.3 is 0 Å². The second-order valence-corrected chi connectivity index (χ2v) is 4.05. The first-order chi connectivity index (χ1) is 8.24. The van der Waals surface area contributed by atoms with E-state index in [1.54, 1.807) is 6.20 Å². The topological polar surface area (TPSA) is 55.6 Å². The molecule has 0 radical (unpaired) electrons. The van der Waals surface area contributed by atoms with Gasteiger partial charge in [0.15, 0.2) is 0 Å². The lowest BCUT2D eigenvalue weighted by molar-refractivity contribution is 0.550. The lowest BCUT2D eigenvalue weighted by Gasteiger charge is -2.04. The van der Waals surface area contributed by atoms with Gasteiger partial charge in [0, 0.05) is 25.5 Å². The SMILES string of the molecule is Cc1cnn(CCNCc2ccnc(C)n2)c1. The molecule has 0 aliphatic carbocycles. The number of aryl methyl sites for hydroxylation is 2. The number of nitrogens with zero attached hydrogens (tertiary/aromatic N) is 4. The van der Waals surface area contributed by atoms with Gasteiger partial charge in [0.1, 0.15) is 5.82 Å². The molecule has 0 saturated heterocycles. The van der Waals surface area contributed by atoms with E-state index in [9.17, 15) is 0 Å². The van der Waals surface area contributed by atoms with Gasteiger partial charge in [-0.3, -0.25) is 4.68 Å². The van der Waals surface area contributed by atoms with Crippen molar-refractivity contribution in [2.24, 2.45) is 0 Å². The molecule has 90 valence electrons. The Balaban J connectivity index is 1.73. The molecule has 0 spiro atoms. The summed E-state index contributed by atoms with van der Waals surface area (Å²) in [4.78, 5) is 8.39. The van der Waals surface area contributed by atoms with Crippen LogP contribution >= 0.6 is 0 Å². The van der Waals surface area contributed by atoms with Gasteiger partial charge < -0.3 is 5.32 Å². The summed E-state index contributed by atoms with van der Waals surface area (Å²) in [6.45, 7) is 6.46. The highest BCUT2D eigenvalue weighted by Crippen LogP contribution is 1.95. The highest BCUT2D eigenvalue weighted by molar-refractivity contribution is 5.01. The molecule has 0 bridgehead atoms. The van der Waals surface area contributed by atoms with Crippen LogP contribution in [-0.2, 0) is 13.1 Å². The lowest BCUT2D eigenvalue weighted by Crippen LogP contribution is -2.20. The Bertz CT molecular complexity index is 477. The normalized spacial score (nSPS) is 10.7. The molecule has 0 saturated carbocycles. The molecule has 2 rings (SSSR count). The third-order valence-corrected chi connectivity index (χ3v) is 2.42. The molecule has 2 heterocycles. The monoisotopic (exact) mass is 231 g/mol. The summed E-state index contributed by atoms with van der Waals surface area (Å²) >= 11 is 0. The van der Waals surface area contributed by atoms with Crippen LogP contribution in [0.2, 0.25) is 0 Å². The Labute approximate surface area is 101 Å². The standard InChI is InChI=1S/C12H17N5/c1-10-7-15-17(9-10)6-5-13-8-12-3-4-14-11(2)16-12/h3-4,7,9,13H,5-6,8H2,1-2H3. The molecule has 2 aromatic heterocycles. The van der Waals surface area contributed by atoms with Crippen LogP contribution in [0.5, 0.6) is 0 Å². The Hall–Kier alpha value is -1.75. The predicted octanol–water partition coefficient (Wildman–Crippen LogP) is 1.08. The predicted molar refractivity (Wildman–Crippen MR) is 65.4 cm³/mol. The highest BCUT2D eigenvalue weighted by atomic mass is 15.3. The van der Waals surface area contributed by atoms with Crippen LogP contribution in [0.25, 0.3) is 0 Å². The van der Waals surface area contributed by atoms with Gasteiger partial charge in [-0.2, -0.15) is 5.10 Å². The number of aromatic nitrogens is 4. The molecule has 0 aliphatic rings. The second-order valence-electron chi connectivity index (χ2n) is 4.05. The van der Waals surface area contributed by atoms with Crippen molar-refractivity contribution in [3.05, 3.63) is 41.7 Å². The first-order valence-electron chi connectivity index (χ1n) is 5.72. The minimum atomic E-state index is 0.767. The van der Waals surface area contributed by atoms with Crippen molar-refractivity contribution in [1.82, 2.24) is 25.1 Å². The van der Waals surface area contributed by atoms with Gasteiger partial charge in [-0.25, -0.2) is 9.97 Å². The molecule has 5 nitrogen and oxygen atoms in total. The Morgan fingerprint density at radius 2 is 2.24 bits per heavy atom. The average molecular weight is 231 g/mol. The van der Waals surface area contributed by atoms with E-state index in [1.165, 1.54) is 5.56 Å². The molecular weight excluding hydrogens is 214 g/mol. The summed E-state index contributed by atoms with van der Waals surface area (Å²) in [5, 5.41) is 7.56. The van der Waals surface area contributed by atoms with Crippen LogP contribution in [0, 0.1) is 13.8 Å². The van der Waals surface area contributed by atoms with Crippen LogP contribution < -0.4 is 5.32 Å². The fourth-order valence-corrected chi connectivity index (χ4v) is 1.60. The third-order valence-electron chi connectivity index (χ3n) is 2.42. The van der Waals surface area contributed by atoms with E-state index in [4.69, 9.17) is 0 Å². The fraction of sp³-hybridized carbons (Fsp3) is 0.417. The molecular formula is C12H17N5. The molecule has 0 aliphatic heterocycles. The Morgan fingerprint density at radius 3 is 2.94 bits per heavy atom. The zero-order valence-corrected chi connectivity index (χ0v) is 10.2.